The van der Waals surface area contributed by atoms with E-state index in [9.17, 15) is 14.4 Å². The Kier molecular flexibility index (Phi) is 7.63. The number of nitrogens with one attached hydrogen (secondary N) is 3. The molecular formula is C17H19Br2N3O4S. The molecule has 2 aromatic heterocycles. The first-order valence-corrected chi connectivity index (χ1v) is 10.5. The molecule has 0 bridgehead atoms. The van der Waals surface area contributed by atoms with Crippen LogP contribution in [0.1, 0.15) is 40.4 Å². The fourth-order valence-corrected chi connectivity index (χ4v) is 4.52. The number of pyridine rings is 1. The molecule has 0 radical (unpaired) electrons. The normalized spacial score (nSPS) is 12.9. The van der Waals surface area contributed by atoms with Gasteiger partial charge >= 0.3 is 0 Å². The van der Waals surface area contributed by atoms with E-state index in [1.54, 1.807) is 0 Å². The summed E-state index contributed by atoms with van der Waals surface area (Å²) in [7, 11) is 1.38. The van der Waals surface area contributed by atoms with Crippen LogP contribution in [-0.2, 0) is 0 Å². The number of thiophene rings is 1. The topological polar surface area (TPSA) is 100 Å². The van der Waals surface area contributed by atoms with Gasteiger partial charge in [0.25, 0.3) is 11.8 Å². The highest BCUT2D eigenvalue weighted by Crippen LogP contribution is 2.32. The van der Waals surface area contributed by atoms with Crippen molar-refractivity contribution in [2.45, 2.75) is 32.4 Å². The Morgan fingerprint density at radius 2 is 1.85 bits per heavy atom. The summed E-state index contributed by atoms with van der Waals surface area (Å²) in [6, 6.07) is 0.825. The minimum Gasteiger partial charge on any atom is -0.491 e. The molecule has 0 aliphatic rings. The van der Waals surface area contributed by atoms with Gasteiger partial charge in [-0.1, -0.05) is 0 Å². The Morgan fingerprint density at radius 3 is 2.37 bits per heavy atom. The highest BCUT2D eigenvalue weighted by Gasteiger charge is 2.19. The van der Waals surface area contributed by atoms with Crippen molar-refractivity contribution in [3.63, 3.8) is 0 Å². The molecule has 27 heavy (non-hydrogen) atoms. The zero-order valence-corrected chi connectivity index (χ0v) is 18.9. The number of hydrogen-bond donors (Lipinski definition) is 3. The lowest BCUT2D eigenvalue weighted by atomic mass is 10.1. The maximum absolute atomic E-state index is 12.3. The van der Waals surface area contributed by atoms with E-state index in [2.05, 4.69) is 47.5 Å². The molecule has 3 N–H and O–H groups in total. The molecule has 146 valence electrons. The van der Waals surface area contributed by atoms with E-state index in [1.165, 1.54) is 30.7 Å². The minimum absolute atomic E-state index is 0.141. The summed E-state index contributed by atoms with van der Waals surface area (Å²) in [5.41, 5.74) is -0.223. The summed E-state index contributed by atoms with van der Waals surface area (Å²) >= 11 is 8.07. The van der Waals surface area contributed by atoms with Gasteiger partial charge in [0.2, 0.25) is 5.43 Å². The lowest BCUT2D eigenvalue weighted by Gasteiger charge is -2.19. The number of carbonyl (C=O) groups excluding carboxylic acids is 2. The summed E-state index contributed by atoms with van der Waals surface area (Å²) in [6.45, 7) is 3.70. The molecule has 0 saturated heterocycles. The van der Waals surface area contributed by atoms with Crippen molar-refractivity contribution in [3.8, 4) is 5.75 Å². The molecule has 0 spiro atoms. The van der Waals surface area contributed by atoms with E-state index in [1.807, 2.05) is 19.2 Å². The number of amides is 2. The second-order valence-corrected chi connectivity index (χ2v) is 8.52. The Balaban J connectivity index is 1.90. The van der Waals surface area contributed by atoms with Crippen LogP contribution >= 0.6 is 43.2 Å². The zero-order chi connectivity index (χ0) is 20.1. The number of halogens is 2. The van der Waals surface area contributed by atoms with Crippen molar-refractivity contribution in [1.82, 2.24) is 15.6 Å². The Labute approximate surface area is 177 Å². The molecule has 0 saturated carbocycles. The molecular weight excluding hydrogens is 502 g/mol. The molecule has 0 aliphatic heterocycles. The number of aromatic amines is 1. The van der Waals surface area contributed by atoms with Crippen LogP contribution in [0.3, 0.4) is 0 Å². The van der Waals surface area contributed by atoms with Crippen molar-refractivity contribution in [1.29, 1.82) is 0 Å². The SMILES string of the molecule is COc1c[nH]c(C(=O)NC(C)CC(C)NC(=O)c2scc(Br)c2Br)cc1=O. The molecule has 0 aromatic carbocycles. The van der Waals surface area contributed by atoms with Crippen molar-refractivity contribution < 1.29 is 14.3 Å². The van der Waals surface area contributed by atoms with Crippen LogP contribution in [0.25, 0.3) is 0 Å². The van der Waals surface area contributed by atoms with Gasteiger partial charge in [0.1, 0.15) is 10.6 Å². The van der Waals surface area contributed by atoms with Crippen LogP contribution in [0.5, 0.6) is 5.75 Å². The van der Waals surface area contributed by atoms with E-state index in [4.69, 9.17) is 4.74 Å². The number of H-pyrrole nitrogens is 1. The van der Waals surface area contributed by atoms with Gasteiger partial charge in [0.15, 0.2) is 5.75 Å². The molecule has 2 heterocycles. The van der Waals surface area contributed by atoms with Crippen LogP contribution in [0.2, 0.25) is 0 Å². The predicted octanol–water partition coefficient (Wildman–Crippen LogP) is 3.30. The van der Waals surface area contributed by atoms with E-state index >= 15 is 0 Å². The molecule has 2 atom stereocenters. The zero-order valence-electron chi connectivity index (χ0n) is 14.9. The highest BCUT2D eigenvalue weighted by molar-refractivity contribution is 9.13. The second-order valence-electron chi connectivity index (χ2n) is 5.99. The molecule has 2 aromatic rings. The summed E-state index contributed by atoms with van der Waals surface area (Å²) in [5, 5.41) is 7.55. The van der Waals surface area contributed by atoms with Crippen LogP contribution < -0.4 is 20.8 Å². The molecule has 2 amide bonds. The number of rotatable bonds is 7. The van der Waals surface area contributed by atoms with Gasteiger partial charge in [-0.3, -0.25) is 14.4 Å². The van der Waals surface area contributed by atoms with Gasteiger partial charge in [-0.2, -0.15) is 0 Å². The van der Waals surface area contributed by atoms with Crippen molar-refractivity contribution >= 4 is 55.0 Å². The third kappa shape index (κ3) is 5.66. The lowest BCUT2D eigenvalue weighted by molar-refractivity contribution is 0.0925. The average molecular weight is 521 g/mol. The molecule has 10 heteroatoms. The monoisotopic (exact) mass is 519 g/mol. The first-order chi connectivity index (χ1) is 12.7. The maximum atomic E-state index is 12.3. The Morgan fingerprint density at radius 1 is 1.22 bits per heavy atom. The van der Waals surface area contributed by atoms with Crippen LogP contribution in [0.15, 0.2) is 31.4 Å². The largest absolute Gasteiger partial charge is 0.491 e. The number of hydrogen-bond acceptors (Lipinski definition) is 5. The Hall–Kier alpha value is -1.65. The molecule has 7 nitrogen and oxygen atoms in total. The standard InChI is InChI=1S/C17H19Br2N3O4S/c1-8(21-16(24)11-5-12(23)13(26-3)6-20-11)4-9(2)22-17(25)15-14(19)10(18)7-27-15/h5-9H,4H2,1-3H3,(H,20,23)(H,21,24)(H,22,25). The minimum atomic E-state index is -0.397. The fourth-order valence-electron chi connectivity index (χ4n) is 2.46. The first-order valence-electron chi connectivity index (χ1n) is 8.03. The van der Waals surface area contributed by atoms with Gasteiger partial charge in [-0.05, 0) is 52.1 Å². The van der Waals surface area contributed by atoms with E-state index in [0.717, 1.165) is 8.95 Å². The number of aromatic nitrogens is 1. The molecule has 0 aliphatic carbocycles. The number of carbonyl (C=O) groups is 2. The molecule has 2 rings (SSSR count). The van der Waals surface area contributed by atoms with Crippen LogP contribution in [0.4, 0.5) is 0 Å². The second kappa shape index (κ2) is 9.52. The number of ether oxygens (including phenoxy) is 1. The van der Waals surface area contributed by atoms with Gasteiger partial charge in [0, 0.05) is 34.2 Å². The van der Waals surface area contributed by atoms with Gasteiger partial charge in [-0.25, -0.2) is 0 Å². The Bertz CT molecular complexity index is 897. The van der Waals surface area contributed by atoms with E-state index in [-0.39, 0.29) is 34.9 Å². The smallest absolute Gasteiger partial charge is 0.268 e. The van der Waals surface area contributed by atoms with Gasteiger partial charge < -0.3 is 20.4 Å². The third-order valence-corrected chi connectivity index (χ3v) is 7.22. The lowest BCUT2D eigenvalue weighted by Crippen LogP contribution is -2.40. The van der Waals surface area contributed by atoms with Crippen molar-refractivity contribution in [2.24, 2.45) is 0 Å². The van der Waals surface area contributed by atoms with Crippen LogP contribution in [-0.4, -0.2) is 36.0 Å². The highest BCUT2D eigenvalue weighted by atomic mass is 79.9. The van der Waals surface area contributed by atoms with Crippen molar-refractivity contribution in [2.75, 3.05) is 7.11 Å². The van der Waals surface area contributed by atoms with Gasteiger partial charge in [-0.15, -0.1) is 11.3 Å². The third-order valence-electron chi connectivity index (χ3n) is 3.70. The van der Waals surface area contributed by atoms with E-state index < -0.39 is 5.91 Å². The number of methoxy groups -OCH3 is 1. The molecule has 2 unspecified atom stereocenters. The average Bonchev–Trinajstić information content (AvgIpc) is 2.93. The van der Waals surface area contributed by atoms with Gasteiger partial charge in [0.05, 0.1) is 11.6 Å². The summed E-state index contributed by atoms with van der Waals surface area (Å²) in [6.07, 6.45) is 1.88. The summed E-state index contributed by atoms with van der Waals surface area (Å²) in [4.78, 5) is 39.6. The predicted molar refractivity (Wildman–Crippen MR) is 112 cm³/mol. The van der Waals surface area contributed by atoms with Crippen molar-refractivity contribution in [3.05, 3.63) is 47.4 Å². The fraction of sp³-hybridized carbons (Fsp3) is 0.353. The van der Waals surface area contributed by atoms with Crippen LogP contribution in [0, 0.1) is 0 Å². The summed E-state index contributed by atoms with van der Waals surface area (Å²) in [5.74, 6) is -0.434. The maximum Gasteiger partial charge on any atom is 0.268 e. The quantitative estimate of drug-likeness (QED) is 0.521. The molecule has 0 fully saturated rings. The summed E-state index contributed by atoms with van der Waals surface area (Å²) < 4.78 is 6.43. The van der Waals surface area contributed by atoms with E-state index in [0.29, 0.717) is 11.3 Å². The first kappa shape index (κ1) is 21.6.